The van der Waals surface area contributed by atoms with Crippen LogP contribution in [0.4, 0.5) is 13.2 Å². The second-order valence-corrected chi connectivity index (χ2v) is 8.86. The number of hydrogen-bond acceptors (Lipinski definition) is 7. The van der Waals surface area contributed by atoms with E-state index in [9.17, 15) is 22.8 Å². The maximum Gasteiger partial charge on any atom is 0.417 e. The van der Waals surface area contributed by atoms with Gasteiger partial charge < -0.3 is 9.47 Å². The van der Waals surface area contributed by atoms with Crippen LogP contribution in [0.1, 0.15) is 15.9 Å². The summed E-state index contributed by atoms with van der Waals surface area (Å²) in [7, 11) is 2.84. The molecule has 9 nitrogen and oxygen atoms in total. The fourth-order valence-electron chi connectivity index (χ4n) is 4.17. The number of rotatable bonds is 7. The second kappa shape index (κ2) is 10.6. The second-order valence-electron chi connectivity index (χ2n) is 8.86. The molecule has 2 aromatic carbocycles. The fraction of sp³-hybridized carbons (Fsp3) is 0.179. The van der Waals surface area contributed by atoms with Gasteiger partial charge in [-0.2, -0.15) is 23.4 Å². The summed E-state index contributed by atoms with van der Waals surface area (Å²) < 4.78 is 54.0. The van der Waals surface area contributed by atoms with Gasteiger partial charge in [-0.25, -0.2) is 9.48 Å². The van der Waals surface area contributed by atoms with Gasteiger partial charge in [0.1, 0.15) is 12.4 Å². The Hall–Kier alpha value is -5.00. The van der Waals surface area contributed by atoms with Gasteiger partial charge in [-0.1, -0.05) is 6.07 Å². The average Bonchev–Trinajstić information content (AvgIpc) is 3.38. The molecule has 0 bridgehead atoms. The third-order valence-corrected chi connectivity index (χ3v) is 6.16. The lowest BCUT2D eigenvalue weighted by Crippen LogP contribution is -2.25. The summed E-state index contributed by atoms with van der Waals surface area (Å²) in [6.45, 7) is 0.123. The third-order valence-electron chi connectivity index (χ3n) is 6.16. The van der Waals surface area contributed by atoms with Gasteiger partial charge >= 0.3 is 12.1 Å². The molecule has 204 valence electrons. The Morgan fingerprint density at radius 1 is 0.975 bits per heavy atom. The van der Waals surface area contributed by atoms with Crippen LogP contribution in [0.15, 0.2) is 78.0 Å². The van der Waals surface area contributed by atoms with E-state index in [-0.39, 0.29) is 24.4 Å². The Balaban J connectivity index is 1.34. The Morgan fingerprint density at radius 2 is 1.80 bits per heavy atom. The molecule has 5 rings (SSSR count). The zero-order valence-corrected chi connectivity index (χ0v) is 21.3. The van der Waals surface area contributed by atoms with E-state index in [1.807, 2.05) is 31.4 Å². The fourth-order valence-corrected chi connectivity index (χ4v) is 4.17. The summed E-state index contributed by atoms with van der Waals surface area (Å²) in [6.07, 6.45) is 0.612. The number of hydrogen-bond donors (Lipinski definition) is 0. The molecule has 0 aliphatic heterocycles. The first-order chi connectivity index (χ1) is 19.1. The lowest BCUT2D eigenvalue weighted by molar-refractivity contribution is -0.138. The van der Waals surface area contributed by atoms with Crippen LogP contribution in [0.5, 0.6) is 5.75 Å². The van der Waals surface area contributed by atoms with Crippen molar-refractivity contribution in [3.8, 4) is 28.1 Å². The van der Waals surface area contributed by atoms with E-state index in [1.54, 1.807) is 23.1 Å². The van der Waals surface area contributed by atoms with Crippen molar-refractivity contribution in [1.82, 2.24) is 24.5 Å². The largest absolute Gasteiger partial charge is 0.492 e. The molecule has 3 aromatic heterocycles. The standard InChI is InChI=1S/C28H22F3N5O4/c1-35-16-20(15-33-35)19-11-18-12-21(4-6-24(18)32-14-19)40-10-9-36-26(37)8-7-25(34-36)17-3-5-22(27(38)39-2)23(13-17)28(29,30)31/h3-8,11-16H,9-10H2,1-2H3. The molecule has 0 radical (unpaired) electrons. The Morgan fingerprint density at radius 3 is 2.52 bits per heavy atom. The summed E-state index contributed by atoms with van der Waals surface area (Å²) in [5.41, 5.74) is 0.605. The number of benzene rings is 2. The van der Waals surface area contributed by atoms with Crippen LogP contribution in [-0.4, -0.2) is 44.2 Å². The van der Waals surface area contributed by atoms with Crippen molar-refractivity contribution in [1.29, 1.82) is 0 Å². The highest BCUT2D eigenvalue weighted by Crippen LogP contribution is 2.35. The Kier molecular flexibility index (Phi) is 7.07. The normalized spacial score (nSPS) is 11.5. The SMILES string of the molecule is COC(=O)c1ccc(-c2ccc(=O)n(CCOc3ccc4ncc(-c5cnn(C)c5)cc4c3)n2)cc1C(F)(F)F. The summed E-state index contributed by atoms with van der Waals surface area (Å²) in [4.78, 5) is 28.7. The van der Waals surface area contributed by atoms with E-state index in [0.717, 1.165) is 46.0 Å². The van der Waals surface area contributed by atoms with Gasteiger partial charge in [-0.3, -0.25) is 14.5 Å². The highest BCUT2D eigenvalue weighted by atomic mass is 19.4. The molecule has 0 atom stereocenters. The molecule has 0 saturated heterocycles. The van der Waals surface area contributed by atoms with Gasteiger partial charge in [-0.15, -0.1) is 0 Å². The van der Waals surface area contributed by atoms with E-state index >= 15 is 0 Å². The van der Waals surface area contributed by atoms with Crippen molar-refractivity contribution in [2.75, 3.05) is 13.7 Å². The van der Waals surface area contributed by atoms with Crippen LogP contribution >= 0.6 is 0 Å². The molecule has 12 heteroatoms. The van der Waals surface area contributed by atoms with Crippen molar-refractivity contribution in [3.63, 3.8) is 0 Å². The number of fused-ring (bicyclic) bond motifs is 1. The molecule has 0 N–H and O–H groups in total. The smallest absolute Gasteiger partial charge is 0.417 e. The van der Waals surface area contributed by atoms with Gasteiger partial charge in [0.2, 0.25) is 0 Å². The molecule has 0 unspecified atom stereocenters. The molecular weight excluding hydrogens is 527 g/mol. The maximum absolute atomic E-state index is 13.6. The molecular formula is C28H22F3N5O4. The number of carbonyl (C=O) groups excluding carboxylic acids is 1. The Bertz CT molecular complexity index is 1780. The molecule has 0 saturated carbocycles. The van der Waals surface area contributed by atoms with E-state index in [4.69, 9.17) is 4.74 Å². The molecule has 3 heterocycles. The number of pyridine rings is 1. The van der Waals surface area contributed by atoms with E-state index in [1.165, 1.54) is 18.2 Å². The van der Waals surface area contributed by atoms with E-state index in [2.05, 4.69) is 19.9 Å². The predicted molar refractivity (Wildman–Crippen MR) is 140 cm³/mol. The molecule has 0 aliphatic rings. The number of aromatic nitrogens is 5. The predicted octanol–water partition coefficient (Wildman–Crippen LogP) is 4.74. The van der Waals surface area contributed by atoms with E-state index < -0.39 is 28.8 Å². The number of methoxy groups -OCH3 is 1. The van der Waals surface area contributed by atoms with Crippen LogP contribution < -0.4 is 10.3 Å². The van der Waals surface area contributed by atoms with Gasteiger partial charge in [0, 0.05) is 47.6 Å². The molecule has 0 fully saturated rings. The van der Waals surface area contributed by atoms with Gasteiger partial charge in [0.25, 0.3) is 5.56 Å². The first-order valence-corrected chi connectivity index (χ1v) is 12.0. The van der Waals surface area contributed by atoms with Gasteiger partial charge in [-0.05, 0) is 42.5 Å². The van der Waals surface area contributed by atoms with Crippen LogP contribution in [0, 0.1) is 0 Å². The third kappa shape index (κ3) is 5.55. The summed E-state index contributed by atoms with van der Waals surface area (Å²) in [5.74, 6) is -0.554. The zero-order chi connectivity index (χ0) is 28.4. The highest BCUT2D eigenvalue weighted by molar-refractivity contribution is 5.92. The van der Waals surface area contributed by atoms with Crippen LogP contribution in [0.25, 0.3) is 33.3 Å². The number of halogens is 3. The number of ether oxygens (including phenoxy) is 2. The molecule has 0 amide bonds. The number of alkyl halides is 3. The van der Waals surface area contributed by atoms with Crippen molar-refractivity contribution >= 4 is 16.9 Å². The number of nitrogens with zero attached hydrogens (tertiary/aromatic N) is 5. The maximum atomic E-state index is 13.6. The number of esters is 1. The van der Waals surface area contributed by atoms with Crippen LogP contribution in [0.3, 0.4) is 0 Å². The van der Waals surface area contributed by atoms with Crippen molar-refractivity contribution in [3.05, 3.63) is 94.7 Å². The van der Waals surface area contributed by atoms with Crippen molar-refractivity contribution in [2.45, 2.75) is 12.7 Å². The molecule has 0 aliphatic carbocycles. The average molecular weight is 550 g/mol. The topological polar surface area (TPSA) is 101 Å². The minimum Gasteiger partial charge on any atom is -0.492 e. The lowest BCUT2D eigenvalue weighted by atomic mass is 10.0. The quantitative estimate of drug-likeness (QED) is 0.270. The molecule has 40 heavy (non-hydrogen) atoms. The summed E-state index contributed by atoms with van der Waals surface area (Å²) in [5, 5.41) is 9.25. The first-order valence-electron chi connectivity index (χ1n) is 12.0. The minimum atomic E-state index is -4.80. The summed E-state index contributed by atoms with van der Waals surface area (Å²) in [6, 6.07) is 13.1. The van der Waals surface area contributed by atoms with E-state index in [0.29, 0.717) is 5.75 Å². The Labute approximate surface area is 225 Å². The van der Waals surface area contributed by atoms with Crippen molar-refractivity contribution in [2.24, 2.45) is 7.05 Å². The summed E-state index contributed by atoms with van der Waals surface area (Å²) >= 11 is 0. The minimum absolute atomic E-state index is 0.0467. The number of aryl methyl sites for hydroxylation is 1. The first kappa shape index (κ1) is 26.6. The highest BCUT2D eigenvalue weighted by Gasteiger charge is 2.36. The van der Waals surface area contributed by atoms with Crippen LogP contribution in [-0.2, 0) is 24.5 Å². The molecule has 5 aromatic rings. The monoisotopic (exact) mass is 549 g/mol. The zero-order valence-electron chi connectivity index (χ0n) is 21.3. The van der Waals surface area contributed by atoms with Gasteiger partial charge in [0.05, 0.1) is 42.2 Å². The van der Waals surface area contributed by atoms with Crippen molar-refractivity contribution < 1.29 is 27.4 Å². The molecule has 0 spiro atoms. The number of carbonyl (C=O) groups is 1. The van der Waals surface area contributed by atoms with Crippen LogP contribution in [0.2, 0.25) is 0 Å². The van der Waals surface area contributed by atoms with Gasteiger partial charge in [0.15, 0.2) is 0 Å². The lowest BCUT2D eigenvalue weighted by Gasteiger charge is -2.14.